The number of nitrogens with zero attached hydrogens (tertiary/aromatic N) is 2. The highest BCUT2D eigenvalue weighted by molar-refractivity contribution is 6.93. The molecule has 7 aromatic carbocycles. The Hall–Kier alpha value is -6.00. The highest BCUT2D eigenvalue weighted by Gasteiger charge is 2.50. The van der Waals surface area contributed by atoms with Crippen molar-refractivity contribution in [2.75, 3.05) is 9.71 Å². The summed E-state index contributed by atoms with van der Waals surface area (Å²) < 4.78 is 7.01. The topological polar surface area (TPSA) is 19.6 Å². The van der Waals surface area contributed by atoms with E-state index in [1.165, 1.54) is 91.1 Å². The van der Waals surface area contributed by atoms with Crippen LogP contribution >= 0.6 is 0 Å². The molecule has 1 aromatic heterocycles. The molecule has 1 aliphatic carbocycles. The summed E-state index contributed by atoms with van der Waals surface area (Å²) in [5.41, 5.74) is 21.2. The maximum absolute atomic E-state index is 7.01. The molecule has 0 N–H and O–H groups in total. The van der Waals surface area contributed by atoms with Crippen molar-refractivity contribution >= 4 is 68.1 Å². The molecule has 0 unspecified atom stereocenters. The molecule has 276 valence electrons. The van der Waals surface area contributed by atoms with Gasteiger partial charge in [-0.2, -0.15) is 0 Å². The molecule has 57 heavy (non-hydrogen) atoms. The molecule has 0 spiro atoms. The summed E-state index contributed by atoms with van der Waals surface area (Å²) in [6.45, 7) is 14.5. The minimum absolute atomic E-state index is 0.0683. The molecule has 0 saturated carbocycles. The monoisotopic (exact) mass is 736 g/mol. The minimum Gasteiger partial charge on any atom is -0.455 e. The molecule has 3 aliphatic heterocycles. The van der Waals surface area contributed by atoms with Crippen LogP contribution in [0.1, 0.15) is 76.6 Å². The quantitative estimate of drug-likeness (QED) is 0.165. The first kappa shape index (κ1) is 33.2. The average Bonchev–Trinajstić information content (AvgIpc) is 3.61. The third-order valence-electron chi connectivity index (χ3n) is 14.3. The molecule has 12 rings (SSSR count). The van der Waals surface area contributed by atoms with Crippen molar-refractivity contribution < 1.29 is 4.42 Å². The Kier molecular flexibility index (Phi) is 6.46. The molecule has 4 heterocycles. The predicted molar refractivity (Wildman–Crippen MR) is 240 cm³/mol. The lowest BCUT2D eigenvalue weighted by molar-refractivity contribution is 0.332. The van der Waals surface area contributed by atoms with Crippen molar-refractivity contribution in [2.24, 2.45) is 0 Å². The van der Waals surface area contributed by atoms with Gasteiger partial charge in [0.2, 0.25) is 0 Å². The number of rotatable bonds is 2. The summed E-state index contributed by atoms with van der Waals surface area (Å²) in [5.74, 6) is 0. The molecule has 0 saturated heterocycles. The Labute approximate surface area is 335 Å². The van der Waals surface area contributed by atoms with Crippen LogP contribution in [0.15, 0.2) is 144 Å². The molecular weight excluding hydrogens is 691 g/mol. The van der Waals surface area contributed by atoms with Gasteiger partial charge in [0, 0.05) is 44.5 Å². The second kappa shape index (κ2) is 11.1. The van der Waals surface area contributed by atoms with Gasteiger partial charge >= 0.3 is 6.85 Å². The van der Waals surface area contributed by atoms with E-state index in [1.807, 2.05) is 0 Å². The van der Waals surface area contributed by atoms with E-state index in [2.05, 4.69) is 191 Å². The Morgan fingerprint density at radius 1 is 0.544 bits per heavy atom. The Morgan fingerprint density at radius 3 is 2.12 bits per heavy atom. The first-order valence-electron chi connectivity index (χ1n) is 20.7. The van der Waals surface area contributed by atoms with Crippen LogP contribution in [0.2, 0.25) is 0 Å². The van der Waals surface area contributed by atoms with Crippen molar-refractivity contribution in [3.8, 4) is 22.3 Å². The third-order valence-corrected chi connectivity index (χ3v) is 14.3. The number of benzene rings is 7. The lowest BCUT2D eigenvalue weighted by Crippen LogP contribution is -2.62. The van der Waals surface area contributed by atoms with Crippen molar-refractivity contribution in [3.63, 3.8) is 0 Å². The largest absolute Gasteiger partial charge is 0.455 e. The molecule has 0 atom stereocenters. The van der Waals surface area contributed by atoms with Gasteiger partial charge in [-0.05, 0) is 122 Å². The molecule has 0 amide bonds. The Balaban J connectivity index is 1.25. The average molecular weight is 737 g/mol. The summed E-state index contributed by atoms with van der Waals surface area (Å²) in [4.78, 5) is 5.28. The number of hydrogen-bond acceptors (Lipinski definition) is 3. The van der Waals surface area contributed by atoms with Crippen LogP contribution in [-0.2, 0) is 16.2 Å². The summed E-state index contributed by atoms with van der Waals surface area (Å²) in [6, 6.07) is 52.6. The molecule has 0 bridgehead atoms. The SMILES string of the molecule is CC1(C)CCC(C)(C)c2cc(N3B4c5cccc6c5N(c5ccccc5C6(C)C)c5cc(-c6ccccc6)cc(c54)-c4c3ccc3c4oc4ccccc43)ccc21. The molecule has 0 radical (unpaired) electrons. The highest BCUT2D eigenvalue weighted by Crippen LogP contribution is 2.57. The molecule has 3 nitrogen and oxygen atoms in total. The predicted octanol–water partition coefficient (Wildman–Crippen LogP) is 12.9. The van der Waals surface area contributed by atoms with E-state index in [-0.39, 0.29) is 23.1 Å². The van der Waals surface area contributed by atoms with Crippen LogP contribution in [-0.4, -0.2) is 6.85 Å². The smallest absolute Gasteiger partial charge is 0.333 e. The van der Waals surface area contributed by atoms with Crippen LogP contribution in [0.25, 0.3) is 44.2 Å². The number of anilines is 5. The van der Waals surface area contributed by atoms with E-state index in [1.54, 1.807) is 0 Å². The summed E-state index contributed by atoms with van der Waals surface area (Å²) >= 11 is 0. The van der Waals surface area contributed by atoms with Gasteiger partial charge in [0.05, 0.1) is 5.69 Å². The van der Waals surface area contributed by atoms with Crippen LogP contribution in [0.3, 0.4) is 0 Å². The zero-order valence-corrected chi connectivity index (χ0v) is 33.6. The minimum atomic E-state index is -0.185. The second-order valence-corrected chi connectivity index (χ2v) is 18.7. The molecular formula is C53H45BN2O. The van der Waals surface area contributed by atoms with Crippen LogP contribution in [0, 0.1) is 0 Å². The van der Waals surface area contributed by atoms with Gasteiger partial charge in [-0.25, -0.2) is 0 Å². The van der Waals surface area contributed by atoms with Gasteiger partial charge in [-0.3, -0.25) is 0 Å². The zero-order valence-electron chi connectivity index (χ0n) is 33.6. The van der Waals surface area contributed by atoms with E-state index in [0.29, 0.717) is 0 Å². The summed E-state index contributed by atoms with van der Waals surface area (Å²) in [6.07, 6.45) is 2.36. The van der Waals surface area contributed by atoms with E-state index in [0.717, 1.165) is 27.5 Å². The standard InChI is InChI=1S/C53H45BN2O/c1-51(2)27-28-52(3,4)41-31-34(23-25-38(41)51)56-44-26-24-36-35-17-10-13-22-46(35)57-50(36)47(44)37-29-33(32-15-8-7-9-16-32)30-45-48(37)54(56)42-20-14-19-40-49(42)55(45)43-21-12-11-18-39(43)53(40,5)6/h7-26,29-31H,27-28H2,1-6H3. The molecule has 4 aliphatic rings. The first-order chi connectivity index (χ1) is 27.5. The summed E-state index contributed by atoms with van der Waals surface area (Å²) in [5, 5.41) is 2.30. The van der Waals surface area contributed by atoms with Crippen LogP contribution < -0.4 is 20.6 Å². The fraction of sp³-hybridized carbons (Fsp3) is 0.208. The maximum atomic E-state index is 7.01. The van der Waals surface area contributed by atoms with E-state index >= 15 is 0 Å². The van der Waals surface area contributed by atoms with E-state index in [4.69, 9.17) is 4.42 Å². The fourth-order valence-corrected chi connectivity index (χ4v) is 11.2. The van der Waals surface area contributed by atoms with Gasteiger partial charge < -0.3 is 14.1 Å². The second-order valence-electron chi connectivity index (χ2n) is 18.7. The number of fused-ring (bicyclic) bond motifs is 11. The van der Waals surface area contributed by atoms with E-state index in [9.17, 15) is 0 Å². The third kappa shape index (κ3) is 4.34. The number of para-hydroxylation sites is 3. The highest BCUT2D eigenvalue weighted by atomic mass is 16.3. The van der Waals surface area contributed by atoms with E-state index < -0.39 is 0 Å². The Morgan fingerprint density at radius 2 is 1.28 bits per heavy atom. The normalized spacial score (nSPS) is 17.5. The lowest BCUT2D eigenvalue weighted by atomic mass is 9.42. The fourth-order valence-electron chi connectivity index (χ4n) is 11.2. The maximum Gasteiger partial charge on any atom is 0.333 e. The van der Waals surface area contributed by atoms with Crippen LogP contribution in [0.5, 0.6) is 0 Å². The van der Waals surface area contributed by atoms with Gasteiger partial charge in [0.25, 0.3) is 0 Å². The zero-order chi connectivity index (χ0) is 38.6. The lowest BCUT2D eigenvalue weighted by Gasteiger charge is -2.50. The Bertz CT molecular complexity index is 3020. The number of furan rings is 1. The molecule has 0 fully saturated rings. The molecule has 8 aromatic rings. The van der Waals surface area contributed by atoms with Gasteiger partial charge in [0.1, 0.15) is 11.2 Å². The van der Waals surface area contributed by atoms with Crippen LogP contribution in [0.4, 0.5) is 28.4 Å². The number of hydrogen-bond donors (Lipinski definition) is 0. The van der Waals surface area contributed by atoms with Gasteiger partial charge in [0.15, 0.2) is 0 Å². The molecule has 4 heteroatoms. The van der Waals surface area contributed by atoms with Gasteiger partial charge in [-0.15, -0.1) is 0 Å². The van der Waals surface area contributed by atoms with Crippen molar-refractivity contribution in [2.45, 2.75) is 70.6 Å². The van der Waals surface area contributed by atoms with Gasteiger partial charge in [-0.1, -0.05) is 133 Å². The van der Waals surface area contributed by atoms with Crippen molar-refractivity contribution in [1.82, 2.24) is 0 Å². The first-order valence-corrected chi connectivity index (χ1v) is 20.7. The summed E-state index contributed by atoms with van der Waals surface area (Å²) in [7, 11) is 0. The van der Waals surface area contributed by atoms with Crippen molar-refractivity contribution in [1.29, 1.82) is 0 Å². The van der Waals surface area contributed by atoms with Crippen molar-refractivity contribution in [3.05, 3.63) is 162 Å².